The summed E-state index contributed by atoms with van der Waals surface area (Å²) >= 11 is 0. The molecule has 0 radical (unpaired) electrons. The zero-order valence-electron chi connectivity index (χ0n) is 27.0. The lowest BCUT2D eigenvalue weighted by Crippen LogP contribution is -2.72. The van der Waals surface area contributed by atoms with Gasteiger partial charge in [-0.1, -0.05) is 63.6 Å². The van der Waals surface area contributed by atoms with E-state index in [1.807, 2.05) is 0 Å². The molecule has 9 unspecified atom stereocenters. The summed E-state index contributed by atoms with van der Waals surface area (Å²) in [6.45, 7) is 0. The van der Waals surface area contributed by atoms with Gasteiger partial charge in [0.05, 0.1) is 0 Å². The summed E-state index contributed by atoms with van der Waals surface area (Å²) in [6.07, 6.45) is 29.5. The van der Waals surface area contributed by atoms with Gasteiger partial charge in [0.1, 0.15) is 11.3 Å². The first kappa shape index (κ1) is 23.6. The summed E-state index contributed by atoms with van der Waals surface area (Å²) in [4.78, 5) is 23.5. The lowest BCUT2D eigenvalue weighted by atomic mass is 9.71. The highest BCUT2D eigenvalue weighted by molar-refractivity contribution is 6.23. The van der Waals surface area contributed by atoms with Gasteiger partial charge in [-0.15, -0.1) is 9.15 Å². The molecule has 20 rings (SSSR count). The zero-order valence-corrected chi connectivity index (χ0v) is 27.0. The molecular weight excluding hydrogens is 605 g/mol. The second-order valence-corrected chi connectivity index (χ2v) is 17.0. The highest BCUT2D eigenvalue weighted by atomic mass is 15.7. The third kappa shape index (κ3) is 2.10. The average molecular weight is 637 g/mol. The van der Waals surface area contributed by atoms with Crippen molar-refractivity contribution in [2.24, 2.45) is 43.6 Å². The maximum atomic E-state index is 5.87. The van der Waals surface area contributed by atoms with E-state index in [1.54, 1.807) is 0 Å². The number of hydrogen-bond acceptors (Lipinski definition) is 4. The minimum Gasteiger partial charge on any atom is -0.212 e. The van der Waals surface area contributed by atoms with Gasteiger partial charge in [-0.05, 0) is 51.4 Å². The van der Waals surface area contributed by atoms with Crippen LogP contribution in [0.4, 0.5) is 11.6 Å². The number of rotatable bonds is 0. The maximum Gasteiger partial charge on any atom is 0.402 e. The lowest BCUT2D eigenvalue weighted by Gasteiger charge is -2.42. The summed E-state index contributed by atoms with van der Waals surface area (Å²) in [5.41, 5.74) is 13.9. The fraction of sp³-hybridized carbons (Fsp3) is 0.415. The van der Waals surface area contributed by atoms with Crippen LogP contribution in [0.2, 0.25) is 0 Å². The van der Waals surface area contributed by atoms with E-state index in [4.69, 9.17) is 20.0 Å². The highest BCUT2D eigenvalue weighted by Crippen LogP contribution is 2.61. The summed E-state index contributed by atoms with van der Waals surface area (Å²) in [5, 5.41) is 0. The monoisotopic (exact) mass is 636 g/mol. The molecule has 0 saturated heterocycles. The Balaban J connectivity index is 1.17. The summed E-state index contributed by atoms with van der Waals surface area (Å²) < 4.78 is 10.5. The minimum atomic E-state index is -0.765. The van der Waals surface area contributed by atoms with Crippen molar-refractivity contribution in [3.8, 4) is 0 Å². The molecule has 1 spiro atoms. The van der Waals surface area contributed by atoms with Crippen molar-refractivity contribution < 1.29 is 9.15 Å². The van der Waals surface area contributed by atoms with Crippen LogP contribution < -0.4 is 11.0 Å². The quantitative estimate of drug-likeness (QED) is 0.273. The van der Waals surface area contributed by atoms with Crippen molar-refractivity contribution in [2.45, 2.75) is 80.9 Å². The van der Waals surface area contributed by atoms with Crippen LogP contribution in [0.15, 0.2) is 90.9 Å². The smallest absolute Gasteiger partial charge is 0.212 e. The Hall–Kier alpha value is -4.72. The molecule has 12 aliphatic carbocycles. The van der Waals surface area contributed by atoms with E-state index in [0.717, 1.165) is 46.0 Å². The topological polar surface area (TPSA) is 65.3 Å². The Bertz CT molecular complexity index is 2720. The predicted octanol–water partition coefficient (Wildman–Crippen LogP) is 5.46. The van der Waals surface area contributed by atoms with Crippen molar-refractivity contribution in [1.82, 2.24) is 9.13 Å². The fourth-order valence-electron chi connectivity index (χ4n) is 13.5. The van der Waals surface area contributed by atoms with E-state index in [0.29, 0.717) is 47.3 Å². The first-order valence-electron chi connectivity index (χ1n) is 19.0. The largest absolute Gasteiger partial charge is 0.402 e. The molecule has 0 saturated carbocycles. The average Bonchev–Trinajstić information content (AvgIpc) is 3.92. The van der Waals surface area contributed by atoms with Crippen LogP contribution in [-0.2, 0) is 5.91 Å². The third-order valence-electron chi connectivity index (χ3n) is 15.3. The molecule has 8 heteroatoms. The minimum absolute atomic E-state index is 0.390. The molecule has 0 fully saturated rings. The summed E-state index contributed by atoms with van der Waals surface area (Å²) in [5.74, 6) is 9.25. The first-order chi connectivity index (χ1) is 24.3. The number of fused-ring (bicyclic) bond motifs is 4. The molecule has 49 heavy (non-hydrogen) atoms. The van der Waals surface area contributed by atoms with Gasteiger partial charge in [0.15, 0.2) is 0 Å². The Morgan fingerprint density at radius 1 is 0.429 bits per heavy atom. The molecule has 0 N–H and O–H groups in total. The van der Waals surface area contributed by atoms with Crippen molar-refractivity contribution in [3.63, 3.8) is 0 Å². The molecule has 0 amide bonds. The van der Waals surface area contributed by atoms with Gasteiger partial charge in [0.25, 0.3) is 23.3 Å². The number of allylic oxidation sites excluding steroid dienone is 8. The van der Waals surface area contributed by atoms with E-state index in [9.17, 15) is 0 Å². The Labute approximate surface area is 281 Å². The van der Waals surface area contributed by atoms with E-state index in [-0.39, 0.29) is 0 Å². The highest BCUT2D eigenvalue weighted by Gasteiger charge is 2.72. The second kappa shape index (κ2) is 6.98. The molecular formula is C41H32N8+2. The van der Waals surface area contributed by atoms with Gasteiger partial charge < -0.3 is 0 Å². The van der Waals surface area contributed by atoms with E-state index >= 15 is 0 Å². The van der Waals surface area contributed by atoms with Gasteiger partial charge >= 0.3 is 5.91 Å². The van der Waals surface area contributed by atoms with Crippen LogP contribution in [0.25, 0.3) is 0 Å². The van der Waals surface area contributed by atoms with Crippen LogP contribution in [0.3, 0.4) is 0 Å². The Morgan fingerprint density at radius 2 is 0.837 bits per heavy atom. The van der Waals surface area contributed by atoms with Crippen LogP contribution in [0, 0.1) is 23.7 Å². The van der Waals surface area contributed by atoms with Crippen molar-refractivity contribution in [1.29, 1.82) is 0 Å². The summed E-state index contributed by atoms with van der Waals surface area (Å²) in [6, 6.07) is 0. The van der Waals surface area contributed by atoms with Gasteiger partial charge in [-0.25, -0.2) is 14.1 Å². The number of hydrogen-bond donors (Lipinski definition) is 0. The second-order valence-electron chi connectivity index (χ2n) is 17.0. The van der Waals surface area contributed by atoms with Crippen molar-refractivity contribution >= 4 is 35.0 Å². The van der Waals surface area contributed by atoms with Gasteiger partial charge in [0.2, 0.25) is 11.3 Å². The van der Waals surface area contributed by atoms with Crippen LogP contribution in [0.5, 0.6) is 0 Å². The lowest BCUT2D eigenvalue weighted by molar-refractivity contribution is -0.792. The molecule has 6 aliphatic heterocycles. The van der Waals surface area contributed by atoms with Gasteiger partial charge in [0, 0.05) is 91.9 Å². The van der Waals surface area contributed by atoms with Crippen molar-refractivity contribution in [2.75, 3.05) is 0 Å². The molecule has 2 aromatic rings. The summed E-state index contributed by atoms with van der Waals surface area (Å²) in [7, 11) is 0. The zero-order chi connectivity index (χ0) is 30.8. The van der Waals surface area contributed by atoms with Crippen LogP contribution in [-0.4, -0.2) is 41.6 Å². The molecule has 18 aliphatic rings. The standard InChI is InChI=1S/C41H32N8/c1-2-18-4-3-17(1)25-26(18)34-43-36-29-21-9-11-22(12-10-21)30(29)38-45-40-32-24-15-13-23(14-16-24)31(32)39-44-37-28-20-7-5-19(6-8-20)27(28)35-42-33(25)46(34)41(47(35)37,48(36)38)49(39)40/h1-2,5,7,9,11,13,15,17-24H,3-4,6,8,10,12,14,16H2/q+2. The predicted molar refractivity (Wildman–Crippen MR) is 182 cm³/mol. The third-order valence-corrected chi connectivity index (χ3v) is 15.3. The number of amidine groups is 4. The maximum absolute atomic E-state index is 5.87. The molecule has 2 aromatic heterocycles. The van der Waals surface area contributed by atoms with Crippen molar-refractivity contribution in [3.05, 3.63) is 104 Å². The van der Waals surface area contributed by atoms with Gasteiger partial charge in [-0.3, -0.25) is 0 Å². The van der Waals surface area contributed by atoms with Crippen LogP contribution in [0.1, 0.15) is 97.3 Å². The number of aliphatic imine (C=N–C) groups is 2. The van der Waals surface area contributed by atoms with Crippen LogP contribution >= 0.6 is 0 Å². The van der Waals surface area contributed by atoms with E-state index < -0.39 is 5.91 Å². The van der Waals surface area contributed by atoms with E-state index in [1.165, 1.54) is 95.9 Å². The number of aromatic nitrogens is 2. The molecule has 8 heterocycles. The Morgan fingerprint density at radius 3 is 1.37 bits per heavy atom. The number of nitrogens with zero attached hydrogens (tertiary/aromatic N) is 8. The molecule has 234 valence electrons. The molecule has 8 bridgehead atoms. The first-order valence-corrected chi connectivity index (χ1v) is 19.0. The van der Waals surface area contributed by atoms with Gasteiger partial charge in [-0.2, -0.15) is 0 Å². The normalized spacial score (nSPS) is 40.4. The fourth-order valence-corrected chi connectivity index (χ4v) is 13.5. The molecule has 0 aromatic carbocycles. The SMILES string of the molecule is C1=CC2CCC1C1=C2C2=[N+]3C1=Nc1c4c(c5n1C31n3c(c6c(c3=N5)C3C=CC6CC3)=NC3=[N+]1C(=N2)C1=C3C2C=CC1CC2)C1C=CC4CC1. The van der Waals surface area contributed by atoms with E-state index in [2.05, 4.69) is 66.9 Å². The molecule has 8 nitrogen and oxygen atoms in total. The molecule has 9 atom stereocenters. The Kier molecular flexibility index (Phi) is 3.36.